The monoisotopic (exact) mass is 448 g/mol. The number of aromatic nitrogens is 2. The highest BCUT2D eigenvalue weighted by atomic mass is 32.1. The fourth-order valence-corrected chi connectivity index (χ4v) is 5.79. The van der Waals surface area contributed by atoms with E-state index in [0.29, 0.717) is 15.8 Å². The maximum absolute atomic E-state index is 13.1. The summed E-state index contributed by atoms with van der Waals surface area (Å²) in [6.07, 6.45) is 2.52. The standard InChI is InChI=1S/C23H20N4O2S2/c1-13-10-11-16-18(12-13)31-22(24-16)27-21(29)15-8-5-9-17-19(15)25-23(30-17)26-20(28)14-6-3-2-4-7-14/h2-4,6-7,10-12,15H,5,8-9H2,1H3,(H,24,27,29)(H,25,26,28). The van der Waals surface area contributed by atoms with Gasteiger partial charge in [-0.15, -0.1) is 11.3 Å². The second-order valence-corrected chi connectivity index (χ2v) is 9.69. The molecule has 2 N–H and O–H groups in total. The quantitative estimate of drug-likeness (QED) is 0.439. The maximum atomic E-state index is 13.1. The van der Waals surface area contributed by atoms with E-state index in [1.54, 1.807) is 12.1 Å². The highest BCUT2D eigenvalue weighted by molar-refractivity contribution is 7.22. The molecular weight excluding hydrogens is 428 g/mol. The van der Waals surface area contributed by atoms with Crippen molar-refractivity contribution >= 4 is 55.0 Å². The van der Waals surface area contributed by atoms with Crippen LogP contribution >= 0.6 is 22.7 Å². The Morgan fingerprint density at radius 3 is 2.65 bits per heavy atom. The highest BCUT2D eigenvalue weighted by Gasteiger charge is 2.31. The van der Waals surface area contributed by atoms with Gasteiger partial charge < -0.3 is 5.32 Å². The third-order valence-corrected chi connectivity index (χ3v) is 7.28. The van der Waals surface area contributed by atoms with Crippen LogP contribution in [0.2, 0.25) is 0 Å². The van der Waals surface area contributed by atoms with Crippen molar-refractivity contribution in [2.45, 2.75) is 32.1 Å². The van der Waals surface area contributed by atoms with Crippen molar-refractivity contribution in [3.05, 3.63) is 70.2 Å². The summed E-state index contributed by atoms with van der Waals surface area (Å²) >= 11 is 2.93. The van der Waals surface area contributed by atoms with Gasteiger partial charge in [0.1, 0.15) is 0 Å². The largest absolute Gasteiger partial charge is 0.301 e. The van der Waals surface area contributed by atoms with Crippen LogP contribution in [0.1, 0.15) is 45.3 Å². The van der Waals surface area contributed by atoms with Crippen molar-refractivity contribution < 1.29 is 9.59 Å². The Kier molecular flexibility index (Phi) is 5.25. The molecule has 1 aliphatic rings. The predicted octanol–water partition coefficient (Wildman–Crippen LogP) is 5.37. The first-order chi connectivity index (χ1) is 15.1. The molecule has 1 unspecified atom stereocenters. The number of rotatable bonds is 4. The fraction of sp³-hybridized carbons (Fsp3) is 0.217. The zero-order chi connectivity index (χ0) is 21.4. The number of aryl methyl sites for hydroxylation is 2. The van der Waals surface area contributed by atoms with E-state index in [9.17, 15) is 9.59 Å². The molecule has 0 fully saturated rings. The Morgan fingerprint density at radius 1 is 1.00 bits per heavy atom. The van der Waals surface area contributed by atoms with Crippen molar-refractivity contribution in [3.63, 3.8) is 0 Å². The van der Waals surface area contributed by atoms with Crippen LogP contribution in [0.15, 0.2) is 48.5 Å². The number of anilines is 2. The second-order valence-electron chi connectivity index (χ2n) is 7.57. The fourth-order valence-electron chi connectivity index (χ4n) is 3.76. The van der Waals surface area contributed by atoms with Gasteiger partial charge in [0.15, 0.2) is 10.3 Å². The molecule has 2 amide bonds. The van der Waals surface area contributed by atoms with Crippen molar-refractivity contribution in [1.29, 1.82) is 0 Å². The molecule has 1 atom stereocenters. The molecule has 31 heavy (non-hydrogen) atoms. The van der Waals surface area contributed by atoms with Crippen LogP contribution in [0.25, 0.3) is 10.2 Å². The lowest BCUT2D eigenvalue weighted by atomic mass is 9.90. The van der Waals surface area contributed by atoms with E-state index in [-0.39, 0.29) is 17.7 Å². The average molecular weight is 449 g/mol. The molecule has 156 valence electrons. The van der Waals surface area contributed by atoms with Crippen molar-refractivity contribution in [3.8, 4) is 0 Å². The number of benzene rings is 2. The molecule has 2 aromatic heterocycles. The van der Waals surface area contributed by atoms with Gasteiger partial charge in [0.25, 0.3) is 5.91 Å². The minimum atomic E-state index is -0.337. The number of hydrogen-bond donors (Lipinski definition) is 2. The average Bonchev–Trinajstić information content (AvgIpc) is 3.36. The van der Waals surface area contributed by atoms with Gasteiger partial charge in [-0.2, -0.15) is 0 Å². The minimum Gasteiger partial charge on any atom is -0.301 e. The molecule has 0 saturated carbocycles. The van der Waals surface area contributed by atoms with E-state index in [1.807, 2.05) is 37.3 Å². The van der Waals surface area contributed by atoms with Crippen LogP contribution in [-0.2, 0) is 11.2 Å². The number of amides is 2. The topological polar surface area (TPSA) is 84.0 Å². The summed E-state index contributed by atoms with van der Waals surface area (Å²) in [4.78, 5) is 35.7. The third-order valence-electron chi connectivity index (χ3n) is 5.30. The Hall–Kier alpha value is -3.10. The first-order valence-electron chi connectivity index (χ1n) is 10.1. The van der Waals surface area contributed by atoms with E-state index in [4.69, 9.17) is 0 Å². The van der Waals surface area contributed by atoms with Crippen LogP contribution in [0.3, 0.4) is 0 Å². The van der Waals surface area contributed by atoms with Crippen LogP contribution in [0.5, 0.6) is 0 Å². The SMILES string of the molecule is Cc1ccc2nc(NC(=O)C3CCCc4sc(NC(=O)c5ccccc5)nc43)sc2c1. The molecule has 8 heteroatoms. The molecule has 2 aromatic carbocycles. The number of carbonyl (C=O) groups excluding carboxylic acids is 2. The maximum Gasteiger partial charge on any atom is 0.257 e. The number of nitrogens with one attached hydrogen (secondary N) is 2. The van der Waals surface area contributed by atoms with E-state index >= 15 is 0 Å². The Balaban J connectivity index is 1.34. The number of fused-ring (bicyclic) bond motifs is 2. The van der Waals surface area contributed by atoms with Gasteiger partial charge >= 0.3 is 0 Å². The molecule has 0 bridgehead atoms. The molecule has 2 heterocycles. The van der Waals surface area contributed by atoms with Gasteiger partial charge in [0.05, 0.1) is 21.8 Å². The lowest BCUT2D eigenvalue weighted by Crippen LogP contribution is -2.24. The molecule has 0 radical (unpaired) electrons. The molecular formula is C23H20N4O2S2. The number of hydrogen-bond acceptors (Lipinski definition) is 6. The first kappa shape index (κ1) is 19.8. The van der Waals surface area contributed by atoms with Gasteiger partial charge in [-0.05, 0) is 56.0 Å². The zero-order valence-electron chi connectivity index (χ0n) is 16.8. The van der Waals surface area contributed by atoms with Crippen molar-refractivity contribution in [1.82, 2.24) is 9.97 Å². The van der Waals surface area contributed by atoms with E-state index in [0.717, 1.165) is 40.1 Å². The van der Waals surface area contributed by atoms with E-state index < -0.39 is 0 Å². The molecule has 0 spiro atoms. The second kappa shape index (κ2) is 8.20. The first-order valence-corrected chi connectivity index (χ1v) is 11.7. The summed E-state index contributed by atoms with van der Waals surface area (Å²) in [5, 5.41) is 7.00. The summed E-state index contributed by atoms with van der Waals surface area (Å²) in [6, 6.07) is 15.1. The zero-order valence-corrected chi connectivity index (χ0v) is 18.5. The normalized spacial score (nSPS) is 15.5. The van der Waals surface area contributed by atoms with Crippen LogP contribution in [0.4, 0.5) is 10.3 Å². The molecule has 1 aliphatic carbocycles. The van der Waals surface area contributed by atoms with Crippen LogP contribution < -0.4 is 10.6 Å². The smallest absolute Gasteiger partial charge is 0.257 e. The Morgan fingerprint density at radius 2 is 1.81 bits per heavy atom. The van der Waals surface area contributed by atoms with E-state index in [1.165, 1.54) is 28.2 Å². The van der Waals surface area contributed by atoms with Gasteiger partial charge in [0.2, 0.25) is 5.91 Å². The van der Waals surface area contributed by atoms with Gasteiger partial charge in [-0.25, -0.2) is 9.97 Å². The molecule has 0 aliphatic heterocycles. The van der Waals surface area contributed by atoms with Crippen molar-refractivity contribution in [2.75, 3.05) is 10.6 Å². The number of nitrogens with zero attached hydrogens (tertiary/aromatic N) is 2. The summed E-state index contributed by atoms with van der Waals surface area (Å²) in [6.45, 7) is 2.04. The van der Waals surface area contributed by atoms with Crippen molar-refractivity contribution in [2.24, 2.45) is 0 Å². The van der Waals surface area contributed by atoms with Gasteiger partial charge in [-0.3, -0.25) is 14.9 Å². The van der Waals surface area contributed by atoms with E-state index in [2.05, 4.69) is 26.7 Å². The molecule has 4 aromatic rings. The van der Waals surface area contributed by atoms with Gasteiger partial charge in [0, 0.05) is 10.4 Å². The van der Waals surface area contributed by atoms with Crippen LogP contribution in [0, 0.1) is 6.92 Å². The summed E-state index contributed by atoms with van der Waals surface area (Å²) in [5.41, 5.74) is 3.40. The Labute approximate surface area is 187 Å². The Bertz CT molecular complexity index is 1280. The summed E-state index contributed by atoms with van der Waals surface area (Å²) in [5.74, 6) is -0.628. The summed E-state index contributed by atoms with van der Waals surface area (Å²) < 4.78 is 1.05. The lowest BCUT2D eigenvalue weighted by Gasteiger charge is -2.19. The predicted molar refractivity (Wildman–Crippen MR) is 125 cm³/mol. The lowest BCUT2D eigenvalue weighted by molar-refractivity contribution is -0.117. The number of thiazole rings is 2. The third kappa shape index (κ3) is 4.08. The highest BCUT2D eigenvalue weighted by Crippen LogP contribution is 2.38. The molecule has 5 rings (SSSR count). The summed E-state index contributed by atoms with van der Waals surface area (Å²) in [7, 11) is 0. The van der Waals surface area contributed by atoms with Gasteiger partial charge in [-0.1, -0.05) is 35.6 Å². The number of carbonyl (C=O) groups is 2. The minimum absolute atomic E-state index is 0.0945. The molecule has 6 nitrogen and oxygen atoms in total. The molecule has 0 saturated heterocycles. The van der Waals surface area contributed by atoms with Crippen LogP contribution in [-0.4, -0.2) is 21.8 Å².